The lowest BCUT2D eigenvalue weighted by molar-refractivity contribution is 0.468. The minimum atomic E-state index is 0.523. The summed E-state index contributed by atoms with van der Waals surface area (Å²) >= 11 is 0. The van der Waals surface area contributed by atoms with E-state index in [4.69, 9.17) is 0 Å². The van der Waals surface area contributed by atoms with Gasteiger partial charge in [-0.2, -0.15) is 0 Å². The molecule has 0 rings (SSSR count). The average Bonchev–Trinajstić information content (AvgIpc) is 1.86. The number of rotatable bonds is 4. The van der Waals surface area contributed by atoms with Crippen molar-refractivity contribution < 1.29 is 0 Å². The normalized spacial score (nSPS) is 15.2. The van der Waals surface area contributed by atoms with Crippen molar-refractivity contribution >= 4 is 7.28 Å². The molecule has 0 nitrogen and oxygen atoms in total. The molecule has 0 aliphatic rings. The molecular weight excluding hydrogens is 131 g/mol. The largest absolute Gasteiger partial charge is 0.130 e. The molecular formula is C10H23B. The summed E-state index contributed by atoms with van der Waals surface area (Å²) in [4.78, 5) is 0. The molecule has 0 bridgehead atoms. The van der Waals surface area contributed by atoms with Crippen LogP contribution >= 0.6 is 0 Å². The van der Waals surface area contributed by atoms with E-state index in [2.05, 4.69) is 41.5 Å². The first-order valence-corrected chi connectivity index (χ1v) is 4.90. The monoisotopic (exact) mass is 154 g/mol. The van der Waals surface area contributed by atoms with Gasteiger partial charge in [-0.05, 0) is 5.92 Å². The lowest BCUT2D eigenvalue weighted by Gasteiger charge is -2.30. The molecule has 1 atom stereocenters. The second kappa shape index (κ2) is 4.18. The van der Waals surface area contributed by atoms with Gasteiger partial charge >= 0.3 is 0 Å². The second-order valence-corrected chi connectivity index (χ2v) is 4.86. The molecule has 0 radical (unpaired) electrons. The van der Waals surface area contributed by atoms with Gasteiger partial charge in [-0.3, -0.25) is 0 Å². The third-order valence-corrected chi connectivity index (χ3v) is 3.13. The molecule has 1 heteroatoms. The highest BCUT2D eigenvalue weighted by Gasteiger charge is 2.25. The van der Waals surface area contributed by atoms with E-state index in [9.17, 15) is 0 Å². The third kappa shape index (κ3) is 3.84. The summed E-state index contributed by atoms with van der Waals surface area (Å²) in [5.41, 5.74) is 0. The van der Waals surface area contributed by atoms with E-state index in [0.29, 0.717) is 5.31 Å². The van der Waals surface area contributed by atoms with Crippen molar-refractivity contribution in [3.63, 3.8) is 0 Å². The summed E-state index contributed by atoms with van der Waals surface area (Å²) in [6, 6.07) is 0. The van der Waals surface area contributed by atoms with Gasteiger partial charge < -0.3 is 0 Å². The summed E-state index contributed by atoms with van der Waals surface area (Å²) in [6.45, 7) is 14.0. The van der Waals surface area contributed by atoms with Crippen LogP contribution in [0.3, 0.4) is 0 Å². The zero-order valence-electron chi connectivity index (χ0n) is 9.07. The van der Waals surface area contributed by atoms with Crippen LogP contribution in [0.25, 0.3) is 0 Å². The SMILES string of the molecule is CCC(C)BC(C)(C)C(C)C. The molecule has 0 aromatic carbocycles. The molecule has 1 unspecified atom stereocenters. The Bertz CT molecular complexity index is 105. The summed E-state index contributed by atoms with van der Waals surface area (Å²) < 4.78 is 0. The van der Waals surface area contributed by atoms with Crippen molar-refractivity contribution in [2.75, 3.05) is 0 Å². The van der Waals surface area contributed by atoms with Crippen molar-refractivity contribution in [1.82, 2.24) is 0 Å². The van der Waals surface area contributed by atoms with Crippen LogP contribution in [0.5, 0.6) is 0 Å². The zero-order chi connectivity index (χ0) is 9.07. The molecule has 11 heavy (non-hydrogen) atoms. The third-order valence-electron chi connectivity index (χ3n) is 3.13. The van der Waals surface area contributed by atoms with Crippen LogP contribution in [0.2, 0.25) is 11.1 Å². The maximum absolute atomic E-state index is 2.38. The first kappa shape index (κ1) is 11.1. The quantitative estimate of drug-likeness (QED) is 0.543. The molecule has 0 heterocycles. The molecule has 66 valence electrons. The Labute approximate surface area is 73.0 Å². The van der Waals surface area contributed by atoms with Gasteiger partial charge in [0, 0.05) is 0 Å². The first-order chi connectivity index (χ1) is 4.90. The molecule has 0 aromatic heterocycles. The predicted molar refractivity (Wildman–Crippen MR) is 55.7 cm³/mol. The molecule has 0 saturated carbocycles. The van der Waals surface area contributed by atoms with E-state index in [-0.39, 0.29) is 0 Å². The molecule has 0 spiro atoms. The molecule has 0 aliphatic carbocycles. The van der Waals surface area contributed by atoms with Gasteiger partial charge in [-0.15, -0.1) is 0 Å². The number of hydrogen-bond acceptors (Lipinski definition) is 0. The highest BCUT2D eigenvalue weighted by Crippen LogP contribution is 2.36. The van der Waals surface area contributed by atoms with Crippen LogP contribution in [0.1, 0.15) is 48.0 Å². The standard InChI is InChI=1S/C10H23B/c1-7-9(4)11-10(5,6)8(2)3/h8-9,11H,7H2,1-6H3. The van der Waals surface area contributed by atoms with Crippen LogP contribution < -0.4 is 0 Å². The smallest absolute Gasteiger partial charge is 0.0694 e. The molecule has 0 fully saturated rings. The highest BCUT2D eigenvalue weighted by atomic mass is 14.2. The zero-order valence-corrected chi connectivity index (χ0v) is 9.07. The second-order valence-electron chi connectivity index (χ2n) is 4.86. The van der Waals surface area contributed by atoms with Crippen LogP contribution in [0.15, 0.2) is 0 Å². The maximum Gasteiger partial charge on any atom is 0.130 e. The van der Waals surface area contributed by atoms with E-state index < -0.39 is 0 Å². The van der Waals surface area contributed by atoms with Crippen molar-refractivity contribution in [2.24, 2.45) is 5.92 Å². The van der Waals surface area contributed by atoms with Crippen molar-refractivity contribution in [1.29, 1.82) is 0 Å². The van der Waals surface area contributed by atoms with Crippen molar-refractivity contribution in [3.05, 3.63) is 0 Å². The number of hydrogen-bond donors (Lipinski definition) is 0. The van der Waals surface area contributed by atoms with E-state index in [0.717, 1.165) is 11.7 Å². The minimum Gasteiger partial charge on any atom is -0.0694 e. The fraction of sp³-hybridized carbons (Fsp3) is 1.00. The maximum atomic E-state index is 2.38. The Balaban J connectivity index is 3.90. The molecule has 0 amide bonds. The topological polar surface area (TPSA) is 0 Å². The first-order valence-electron chi connectivity index (χ1n) is 4.90. The van der Waals surface area contributed by atoms with Crippen molar-refractivity contribution in [3.8, 4) is 0 Å². The molecule has 0 aromatic rings. The lowest BCUT2D eigenvalue weighted by Crippen LogP contribution is -2.22. The average molecular weight is 154 g/mol. The summed E-state index contributed by atoms with van der Waals surface area (Å²) in [5.74, 6) is 1.68. The van der Waals surface area contributed by atoms with E-state index in [1.165, 1.54) is 13.7 Å². The van der Waals surface area contributed by atoms with Crippen molar-refractivity contribution in [2.45, 2.75) is 59.1 Å². The Morgan fingerprint density at radius 2 is 1.64 bits per heavy atom. The van der Waals surface area contributed by atoms with Crippen LogP contribution in [0.4, 0.5) is 0 Å². The Hall–Kier alpha value is 0.0649. The van der Waals surface area contributed by atoms with E-state index >= 15 is 0 Å². The summed E-state index contributed by atoms with van der Waals surface area (Å²) in [7, 11) is 1.36. The van der Waals surface area contributed by atoms with Gasteiger partial charge in [0.25, 0.3) is 0 Å². The van der Waals surface area contributed by atoms with Crippen LogP contribution in [-0.4, -0.2) is 7.28 Å². The fourth-order valence-electron chi connectivity index (χ4n) is 1.28. The summed E-state index contributed by atoms with van der Waals surface area (Å²) in [5, 5.41) is 0.523. The molecule has 0 aliphatic heterocycles. The Morgan fingerprint density at radius 1 is 1.18 bits per heavy atom. The lowest BCUT2D eigenvalue weighted by atomic mass is 9.43. The summed E-state index contributed by atoms with van der Waals surface area (Å²) in [6.07, 6.45) is 1.32. The predicted octanol–water partition coefficient (Wildman–Crippen LogP) is 3.50. The van der Waals surface area contributed by atoms with Crippen LogP contribution in [-0.2, 0) is 0 Å². The van der Waals surface area contributed by atoms with Gasteiger partial charge in [0.15, 0.2) is 0 Å². The van der Waals surface area contributed by atoms with Gasteiger partial charge in [0.2, 0.25) is 0 Å². The van der Waals surface area contributed by atoms with Gasteiger partial charge in [-0.1, -0.05) is 59.1 Å². The van der Waals surface area contributed by atoms with E-state index in [1.54, 1.807) is 0 Å². The Morgan fingerprint density at radius 3 is 1.91 bits per heavy atom. The van der Waals surface area contributed by atoms with Crippen LogP contribution in [0, 0.1) is 5.92 Å². The minimum absolute atomic E-state index is 0.523. The van der Waals surface area contributed by atoms with Gasteiger partial charge in [-0.25, -0.2) is 0 Å². The highest BCUT2D eigenvalue weighted by molar-refractivity contribution is 6.41. The van der Waals surface area contributed by atoms with E-state index in [1.807, 2.05) is 0 Å². The Kier molecular flexibility index (Phi) is 4.21. The molecule has 0 N–H and O–H groups in total. The van der Waals surface area contributed by atoms with Gasteiger partial charge in [0.05, 0.1) is 0 Å². The fourth-order valence-corrected chi connectivity index (χ4v) is 1.28. The molecule has 0 saturated heterocycles. The van der Waals surface area contributed by atoms with Gasteiger partial charge in [0.1, 0.15) is 7.28 Å².